The standard InChI is InChI=1S/C9H13N3O2/c1-6-2-3-8(11-4-6)12-5-7(13)9(10)14/h2-4,7,13H,5H2,1H3,(H2,10,14)(H,11,12). The quantitative estimate of drug-likeness (QED) is 0.612. The van der Waals surface area contributed by atoms with Crippen molar-refractivity contribution >= 4 is 11.7 Å². The first-order chi connectivity index (χ1) is 6.59. The molecule has 1 atom stereocenters. The Hall–Kier alpha value is -1.62. The molecule has 76 valence electrons. The summed E-state index contributed by atoms with van der Waals surface area (Å²) in [7, 11) is 0. The number of amides is 1. The molecule has 1 aromatic rings. The summed E-state index contributed by atoms with van der Waals surface area (Å²) in [5.74, 6) is -0.138. The number of aromatic nitrogens is 1. The van der Waals surface area contributed by atoms with Gasteiger partial charge < -0.3 is 16.2 Å². The summed E-state index contributed by atoms with van der Waals surface area (Å²) >= 11 is 0. The molecule has 0 aliphatic rings. The number of anilines is 1. The molecular weight excluding hydrogens is 182 g/mol. The van der Waals surface area contributed by atoms with Gasteiger partial charge in [0, 0.05) is 6.20 Å². The van der Waals surface area contributed by atoms with Crippen LogP contribution in [-0.4, -0.2) is 28.6 Å². The third kappa shape index (κ3) is 3.02. The van der Waals surface area contributed by atoms with Crippen LogP contribution in [0.1, 0.15) is 5.56 Å². The van der Waals surface area contributed by atoms with Crippen LogP contribution >= 0.6 is 0 Å². The van der Waals surface area contributed by atoms with E-state index in [1.54, 1.807) is 12.3 Å². The smallest absolute Gasteiger partial charge is 0.248 e. The minimum Gasteiger partial charge on any atom is -0.381 e. The van der Waals surface area contributed by atoms with E-state index in [1.165, 1.54) is 0 Å². The molecule has 4 N–H and O–H groups in total. The Morgan fingerprint density at radius 2 is 2.43 bits per heavy atom. The van der Waals surface area contributed by atoms with Crippen molar-refractivity contribution in [2.24, 2.45) is 5.73 Å². The van der Waals surface area contributed by atoms with Crippen molar-refractivity contribution in [1.82, 2.24) is 4.98 Å². The molecule has 0 aromatic carbocycles. The van der Waals surface area contributed by atoms with E-state index in [-0.39, 0.29) is 6.54 Å². The predicted molar refractivity (Wildman–Crippen MR) is 52.7 cm³/mol. The number of carbonyl (C=O) groups excluding carboxylic acids is 1. The highest BCUT2D eigenvalue weighted by Crippen LogP contribution is 2.03. The lowest BCUT2D eigenvalue weighted by Gasteiger charge is -2.08. The zero-order valence-corrected chi connectivity index (χ0v) is 7.90. The van der Waals surface area contributed by atoms with E-state index < -0.39 is 12.0 Å². The van der Waals surface area contributed by atoms with Gasteiger partial charge in [-0.2, -0.15) is 0 Å². The SMILES string of the molecule is Cc1ccc(NCC(O)C(N)=O)nc1. The van der Waals surface area contributed by atoms with Crippen molar-refractivity contribution in [3.05, 3.63) is 23.9 Å². The minimum atomic E-state index is -1.18. The molecule has 0 aliphatic heterocycles. The highest BCUT2D eigenvalue weighted by molar-refractivity contribution is 5.79. The predicted octanol–water partition coefficient (Wildman–Crippen LogP) is -0.352. The molecule has 0 saturated carbocycles. The van der Waals surface area contributed by atoms with E-state index in [1.807, 2.05) is 13.0 Å². The summed E-state index contributed by atoms with van der Waals surface area (Å²) in [6.07, 6.45) is 0.511. The zero-order valence-electron chi connectivity index (χ0n) is 7.90. The number of rotatable bonds is 4. The average Bonchev–Trinajstić information content (AvgIpc) is 2.16. The van der Waals surface area contributed by atoms with Crippen molar-refractivity contribution in [3.8, 4) is 0 Å². The van der Waals surface area contributed by atoms with Gasteiger partial charge in [-0.3, -0.25) is 4.79 Å². The molecule has 0 aliphatic carbocycles. The lowest BCUT2D eigenvalue weighted by atomic mass is 10.3. The first kappa shape index (κ1) is 10.5. The molecule has 1 rings (SSSR count). The highest BCUT2D eigenvalue weighted by Gasteiger charge is 2.09. The Bertz CT molecular complexity index is 310. The van der Waals surface area contributed by atoms with E-state index in [9.17, 15) is 4.79 Å². The second kappa shape index (κ2) is 4.57. The molecule has 0 radical (unpaired) electrons. The molecule has 0 saturated heterocycles. The fourth-order valence-electron chi connectivity index (χ4n) is 0.874. The van der Waals surface area contributed by atoms with Gasteiger partial charge in [0.1, 0.15) is 11.9 Å². The van der Waals surface area contributed by atoms with Crippen LogP contribution in [0.4, 0.5) is 5.82 Å². The highest BCUT2D eigenvalue weighted by atomic mass is 16.3. The van der Waals surface area contributed by atoms with E-state index in [4.69, 9.17) is 10.8 Å². The van der Waals surface area contributed by atoms with Crippen LogP contribution in [0.5, 0.6) is 0 Å². The van der Waals surface area contributed by atoms with Gasteiger partial charge in [0.2, 0.25) is 5.91 Å². The molecular formula is C9H13N3O2. The molecule has 0 bridgehead atoms. The van der Waals surface area contributed by atoms with E-state index >= 15 is 0 Å². The van der Waals surface area contributed by atoms with Crippen LogP contribution in [0.2, 0.25) is 0 Å². The van der Waals surface area contributed by atoms with E-state index in [0.717, 1.165) is 5.56 Å². The van der Waals surface area contributed by atoms with Crippen molar-refractivity contribution in [2.45, 2.75) is 13.0 Å². The monoisotopic (exact) mass is 195 g/mol. The number of nitrogens with one attached hydrogen (secondary N) is 1. The molecule has 5 nitrogen and oxygen atoms in total. The van der Waals surface area contributed by atoms with Gasteiger partial charge in [0.15, 0.2) is 0 Å². The van der Waals surface area contributed by atoms with Crippen LogP contribution < -0.4 is 11.1 Å². The largest absolute Gasteiger partial charge is 0.381 e. The van der Waals surface area contributed by atoms with Crippen molar-refractivity contribution < 1.29 is 9.90 Å². The number of hydrogen-bond donors (Lipinski definition) is 3. The number of aryl methyl sites for hydroxylation is 1. The van der Waals surface area contributed by atoms with Gasteiger partial charge in [-0.05, 0) is 18.6 Å². The molecule has 5 heteroatoms. The minimum absolute atomic E-state index is 0.0748. The molecule has 14 heavy (non-hydrogen) atoms. The van der Waals surface area contributed by atoms with E-state index in [0.29, 0.717) is 5.82 Å². The fraction of sp³-hybridized carbons (Fsp3) is 0.333. The van der Waals surface area contributed by atoms with Crippen LogP contribution in [0, 0.1) is 6.92 Å². The molecule has 1 unspecified atom stereocenters. The van der Waals surface area contributed by atoms with Gasteiger partial charge in [-0.15, -0.1) is 0 Å². The maximum absolute atomic E-state index is 10.5. The Morgan fingerprint density at radius 1 is 1.71 bits per heavy atom. The first-order valence-electron chi connectivity index (χ1n) is 4.23. The number of hydrogen-bond acceptors (Lipinski definition) is 4. The van der Waals surface area contributed by atoms with Crippen LogP contribution in [-0.2, 0) is 4.79 Å². The van der Waals surface area contributed by atoms with Crippen LogP contribution in [0.3, 0.4) is 0 Å². The maximum Gasteiger partial charge on any atom is 0.248 e. The summed E-state index contributed by atoms with van der Waals surface area (Å²) in [6.45, 7) is 2.00. The van der Waals surface area contributed by atoms with Gasteiger partial charge in [0.25, 0.3) is 0 Å². The Labute approximate surface area is 82.0 Å². The number of primary amides is 1. The summed E-state index contributed by atoms with van der Waals surface area (Å²) in [5, 5.41) is 11.9. The third-order valence-electron chi connectivity index (χ3n) is 1.72. The molecule has 0 spiro atoms. The van der Waals surface area contributed by atoms with Crippen molar-refractivity contribution in [1.29, 1.82) is 0 Å². The number of aliphatic hydroxyl groups excluding tert-OH is 1. The third-order valence-corrected chi connectivity index (χ3v) is 1.72. The Balaban J connectivity index is 2.46. The summed E-state index contributed by atoms with van der Waals surface area (Å²) in [4.78, 5) is 14.5. The second-order valence-electron chi connectivity index (χ2n) is 3.02. The first-order valence-corrected chi connectivity index (χ1v) is 4.23. The normalized spacial score (nSPS) is 12.1. The number of carbonyl (C=O) groups is 1. The van der Waals surface area contributed by atoms with Gasteiger partial charge in [-0.1, -0.05) is 6.07 Å². The van der Waals surface area contributed by atoms with Crippen LogP contribution in [0.15, 0.2) is 18.3 Å². The number of aliphatic hydroxyl groups is 1. The molecule has 1 heterocycles. The molecule has 1 amide bonds. The van der Waals surface area contributed by atoms with Crippen LogP contribution in [0.25, 0.3) is 0 Å². The lowest BCUT2D eigenvalue weighted by Crippen LogP contribution is -2.34. The van der Waals surface area contributed by atoms with E-state index in [2.05, 4.69) is 10.3 Å². The van der Waals surface area contributed by atoms with Crippen molar-refractivity contribution in [2.75, 3.05) is 11.9 Å². The Morgan fingerprint density at radius 3 is 2.93 bits per heavy atom. The lowest BCUT2D eigenvalue weighted by molar-refractivity contribution is -0.125. The number of nitrogens with zero attached hydrogens (tertiary/aromatic N) is 1. The summed E-state index contributed by atoms with van der Waals surface area (Å²) < 4.78 is 0. The number of pyridine rings is 1. The van der Waals surface area contributed by atoms with Gasteiger partial charge >= 0.3 is 0 Å². The molecule has 0 fully saturated rings. The average molecular weight is 195 g/mol. The number of nitrogens with two attached hydrogens (primary N) is 1. The Kier molecular flexibility index (Phi) is 3.41. The summed E-state index contributed by atoms with van der Waals surface area (Å²) in [5.41, 5.74) is 5.92. The topological polar surface area (TPSA) is 88.2 Å². The maximum atomic E-state index is 10.5. The zero-order chi connectivity index (χ0) is 10.6. The fourth-order valence-corrected chi connectivity index (χ4v) is 0.874. The molecule has 1 aromatic heterocycles. The van der Waals surface area contributed by atoms with Crippen molar-refractivity contribution in [3.63, 3.8) is 0 Å². The van der Waals surface area contributed by atoms with Gasteiger partial charge in [0.05, 0.1) is 6.54 Å². The second-order valence-corrected chi connectivity index (χ2v) is 3.02. The summed E-state index contributed by atoms with van der Waals surface area (Å²) in [6, 6.07) is 3.65. The van der Waals surface area contributed by atoms with Gasteiger partial charge in [-0.25, -0.2) is 4.98 Å².